The number of aromatic nitrogens is 3. The normalized spacial score (nSPS) is 23.8. The summed E-state index contributed by atoms with van der Waals surface area (Å²) in [4.78, 5) is 0. The van der Waals surface area contributed by atoms with Crippen molar-refractivity contribution in [3.05, 3.63) is 35.1 Å². The summed E-state index contributed by atoms with van der Waals surface area (Å²) in [5, 5.41) is 7.37. The largest absolute Gasteiger partial charge is 0.378 e. The first kappa shape index (κ1) is 14.5. The van der Waals surface area contributed by atoms with Gasteiger partial charge in [-0.05, 0) is 25.6 Å². The summed E-state index contributed by atoms with van der Waals surface area (Å²) in [6, 6.07) is 10.5. The number of rotatable bonds is 4. The Balaban J connectivity index is 1.98. The third-order valence-electron chi connectivity index (χ3n) is 4.54. The lowest BCUT2D eigenvalue weighted by Crippen LogP contribution is -2.51. The van der Waals surface area contributed by atoms with E-state index in [1.54, 1.807) is 0 Å². The molecular formula is C16H21N3OS. The molecule has 2 unspecified atom stereocenters. The number of hydrogen-bond donors (Lipinski definition) is 1. The van der Waals surface area contributed by atoms with Crippen LogP contribution in [0.25, 0.3) is 11.4 Å². The van der Waals surface area contributed by atoms with Crippen LogP contribution in [0.3, 0.4) is 0 Å². The summed E-state index contributed by atoms with van der Waals surface area (Å²) in [5.74, 6) is 0.911. The van der Waals surface area contributed by atoms with Crippen molar-refractivity contribution in [2.24, 2.45) is 5.41 Å². The number of nitrogens with zero attached hydrogens (tertiary/aromatic N) is 2. The Morgan fingerprint density at radius 1 is 1.38 bits per heavy atom. The maximum Gasteiger partial charge on any atom is 0.195 e. The fourth-order valence-electron chi connectivity index (χ4n) is 3.17. The van der Waals surface area contributed by atoms with E-state index in [1.807, 2.05) is 25.1 Å². The van der Waals surface area contributed by atoms with Gasteiger partial charge in [-0.25, -0.2) is 0 Å². The quantitative estimate of drug-likeness (QED) is 0.869. The summed E-state index contributed by atoms with van der Waals surface area (Å²) >= 11 is 5.46. The van der Waals surface area contributed by atoms with E-state index in [9.17, 15) is 0 Å². The van der Waals surface area contributed by atoms with E-state index < -0.39 is 0 Å². The second kappa shape index (κ2) is 5.39. The number of ether oxygens (including phenoxy) is 1. The van der Waals surface area contributed by atoms with Crippen LogP contribution in [0.2, 0.25) is 0 Å². The highest BCUT2D eigenvalue weighted by Gasteiger charge is 2.50. The minimum Gasteiger partial charge on any atom is -0.378 e. The Kier molecular flexibility index (Phi) is 3.71. The third kappa shape index (κ3) is 2.34. The van der Waals surface area contributed by atoms with Crippen LogP contribution in [-0.4, -0.2) is 27.5 Å². The molecule has 2 atom stereocenters. The van der Waals surface area contributed by atoms with Gasteiger partial charge in [-0.2, -0.15) is 5.10 Å². The van der Waals surface area contributed by atoms with E-state index >= 15 is 0 Å². The molecule has 1 N–H and O–H groups in total. The Labute approximate surface area is 130 Å². The van der Waals surface area contributed by atoms with Crippen molar-refractivity contribution in [3.8, 4) is 11.4 Å². The number of aromatic amines is 1. The third-order valence-corrected chi connectivity index (χ3v) is 4.83. The molecule has 0 spiro atoms. The van der Waals surface area contributed by atoms with Crippen LogP contribution in [-0.2, 0) is 4.74 Å². The molecular weight excluding hydrogens is 282 g/mol. The van der Waals surface area contributed by atoms with Crippen molar-refractivity contribution in [1.29, 1.82) is 0 Å². The minimum atomic E-state index is 0.0572. The van der Waals surface area contributed by atoms with Gasteiger partial charge in [0, 0.05) is 23.6 Å². The molecule has 1 aromatic heterocycles. The van der Waals surface area contributed by atoms with Gasteiger partial charge in [0.25, 0.3) is 0 Å². The van der Waals surface area contributed by atoms with Gasteiger partial charge in [0.15, 0.2) is 10.6 Å². The molecule has 0 saturated heterocycles. The van der Waals surface area contributed by atoms with E-state index in [0.717, 1.165) is 24.4 Å². The van der Waals surface area contributed by atoms with Gasteiger partial charge in [-0.3, -0.25) is 9.67 Å². The zero-order valence-corrected chi connectivity index (χ0v) is 13.5. The summed E-state index contributed by atoms with van der Waals surface area (Å²) in [6.07, 6.45) is 1.27. The smallest absolute Gasteiger partial charge is 0.195 e. The molecule has 5 heteroatoms. The molecule has 0 amide bonds. The van der Waals surface area contributed by atoms with Crippen LogP contribution >= 0.6 is 12.2 Å². The van der Waals surface area contributed by atoms with E-state index in [0.29, 0.717) is 10.8 Å². The summed E-state index contributed by atoms with van der Waals surface area (Å²) in [6.45, 7) is 7.28. The maximum atomic E-state index is 5.83. The maximum absolute atomic E-state index is 5.83. The lowest BCUT2D eigenvalue weighted by atomic mass is 9.64. The van der Waals surface area contributed by atoms with Crippen molar-refractivity contribution < 1.29 is 4.74 Å². The molecule has 4 nitrogen and oxygen atoms in total. The second-order valence-corrected chi connectivity index (χ2v) is 6.49. The monoisotopic (exact) mass is 303 g/mol. The lowest BCUT2D eigenvalue weighted by Gasteiger charge is -2.52. The predicted octanol–water partition coefficient (Wildman–Crippen LogP) is 3.98. The van der Waals surface area contributed by atoms with Gasteiger partial charge in [-0.1, -0.05) is 44.2 Å². The van der Waals surface area contributed by atoms with Crippen LogP contribution < -0.4 is 0 Å². The van der Waals surface area contributed by atoms with Crippen LogP contribution in [0.5, 0.6) is 0 Å². The van der Waals surface area contributed by atoms with Crippen molar-refractivity contribution in [1.82, 2.24) is 14.8 Å². The Bertz CT molecular complexity index is 674. The lowest BCUT2D eigenvalue weighted by molar-refractivity contribution is -0.127. The fraction of sp³-hybridized carbons (Fsp3) is 0.500. The van der Waals surface area contributed by atoms with Crippen LogP contribution in [0.1, 0.15) is 33.2 Å². The van der Waals surface area contributed by atoms with Gasteiger partial charge < -0.3 is 4.74 Å². The summed E-state index contributed by atoms with van der Waals surface area (Å²) in [5.41, 5.74) is 1.14. The minimum absolute atomic E-state index is 0.0572. The Morgan fingerprint density at radius 3 is 2.71 bits per heavy atom. The van der Waals surface area contributed by atoms with E-state index in [1.165, 1.54) is 0 Å². The first-order valence-electron chi connectivity index (χ1n) is 7.39. The molecule has 1 aliphatic rings. The molecule has 1 saturated carbocycles. The Hall–Kier alpha value is -1.46. The highest BCUT2D eigenvalue weighted by Crippen LogP contribution is 2.52. The average molecular weight is 303 g/mol. The number of H-pyrrole nitrogens is 1. The molecule has 2 aromatic rings. The molecule has 1 aromatic carbocycles. The van der Waals surface area contributed by atoms with Crippen LogP contribution in [0.15, 0.2) is 30.3 Å². The molecule has 1 aliphatic carbocycles. The van der Waals surface area contributed by atoms with Crippen molar-refractivity contribution in [2.75, 3.05) is 6.61 Å². The van der Waals surface area contributed by atoms with Gasteiger partial charge in [0.2, 0.25) is 0 Å². The highest BCUT2D eigenvalue weighted by molar-refractivity contribution is 7.71. The average Bonchev–Trinajstić information content (AvgIpc) is 2.85. The van der Waals surface area contributed by atoms with Crippen LogP contribution in [0.4, 0.5) is 0 Å². The molecule has 3 rings (SSSR count). The predicted molar refractivity (Wildman–Crippen MR) is 85.7 cm³/mol. The van der Waals surface area contributed by atoms with Crippen LogP contribution in [0, 0.1) is 10.2 Å². The first-order valence-corrected chi connectivity index (χ1v) is 7.80. The SMILES string of the molecule is CCOC1CC(n2c(-c3ccccc3)n[nH]c2=S)C1(C)C. The molecule has 1 heterocycles. The molecule has 112 valence electrons. The van der Waals surface area contributed by atoms with Gasteiger partial charge >= 0.3 is 0 Å². The summed E-state index contributed by atoms with van der Waals surface area (Å²) in [7, 11) is 0. The van der Waals surface area contributed by atoms with Gasteiger partial charge in [0.05, 0.1) is 6.10 Å². The number of benzene rings is 1. The zero-order chi connectivity index (χ0) is 15.0. The molecule has 0 aliphatic heterocycles. The van der Waals surface area contributed by atoms with Gasteiger partial charge in [-0.15, -0.1) is 0 Å². The Morgan fingerprint density at radius 2 is 2.10 bits per heavy atom. The summed E-state index contributed by atoms with van der Waals surface area (Å²) < 4.78 is 8.66. The van der Waals surface area contributed by atoms with Crippen molar-refractivity contribution >= 4 is 12.2 Å². The first-order chi connectivity index (χ1) is 10.1. The molecule has 1 fully saturated rings. The van der Waals surface area contributed by atoms with E-state index in [2.05, 4.69) is 40.7 Å². The van der Waals surface area contributed by atoms with Gasteiger partial charge in [0.1, 0.15) is 0 Å². The van der Waals surface area contributed by atoms with E-state index in [-0.39, 0.29) is 11.5 Å². The van der Waals surface area contributed by atoms with Crippen molar-refractivity contribution in [2.45, 2.75) is 39.3 Å². The second-order valence-electron chi connectivity index (χ2n) is 6.11. The van der Waals surface area contributed by atoms with Crippen molar-refractivity contribution in [3.63, 3.8) is 0 Å². The topological polar surface area (TPSA) is 42.8 Å². The standard InChI is InChI=1S/C16H21N3OS/c1-4-20-13-10-12(16(13,2)3)19-14(17-18-15(19)21)11-8-6-5-7-9-11/h5-9,12-13H,4,10H2,1-3H3,(H,18,21). The fourth-order valence-corrected chi connectivity index (χ4v) is 3.43. The zero-order valence-electron chi connectivity index (χ0n) is 12.7. The highest BCUT2D eigenvalue weighted by atomic mass is 32.1. The number of nitrogens with one attached hydrogen (secondary N) is 1. The molecule has 0 bridgehead atoms. The number of hydrogen-bond acceptors (Lipinski definition) is 3. The van der Waals surface area contributed by atoms with E-state index in [4.69, 9.17) is 17.0 Å². The molecule has 21 heavy (non-hydrogen) atoms. The molecule has 0 radical (unpaired) electrons.